The number of amides is 3. The van der Waals surface area contributed by atoms with Crippen LogP contribution in [-0.2, 0) is 9.59 Å². The number of nitrogens with zero attached hydrogens (tertiary/aromatic N) is 3. The van der Waals surface area contributed by atoms with Crippen molar-refractivity contribution in [3.05, 3.63) is 62.6 Å². The molecule has 5 rings (SSSR count). The number of carbonyl (C=O) groups excluding carboxylic acids is 3. The third-order valence-corrected chi connectivity index (χ3v) is 9.89. The molecule has 1 aliphatic carbocycles. The smallest absolute Gasteiger partial charge is 0.254 e. The topological polar surface area (TPSA) is 70.2 Å². The van der Waals surface area contributed by atoms with E-state index in [0.717, 1.165) is 18.4 Å². The average molecular weight is 607 g/mol. The van der Waals surface area contributed by atoms with Crippen molar-refractivity contribution in [1.82, 2.24) is 14.7 Å². The maximum absolute atomic E-state index is 13.8. The molecule has 3 fully saturated rings. The minimum absolute atomic E-state index is 0.0753. The lowest BCUT2D eigenvalue weighted by Gasteiger charge is -2.34. The first kappa shape index (κ1) is 29.0. The van der Waals surface area contributed by atoms with Gasteiger partial charge in [0.15, 0.2) is 0 Å². The van der Waals surface area contributed by atoms with Crippen molar-refractivity contribution in [1.29, 1.82) is 0 Å². The second kappa shape index (κ2) is 11.4. The Kier molecular flexibility index (Phi) is 8.29. The predicted octanol–water partition coefficient (Wildman–Crippen LogP) is 5.76. The van der Waals surface area contributed by atoms with Crippen LogP contribution >= 0.6 is 34.8 Å². The molecule has 7 nitrogen and oxygen atoms in total. The molecule has 0 bridgehead atoms. The van der Waals surface area contributed by atoms with Gasteiger partial charge in [-0.2, -0.15) is 0 Å². The number of halogens is 3. The number of piperidine rings is 1. The second-order valence-corrected chi connectivity index (χ2v) is 12.7. The van der Waals surface area contributed by atoms with E-state index in [-0.39, 0.29) is 41.0 Å². The maximum Gasteiger partial charge on any atom is 0.254 e. The molecule has 1 saturated carbocycles. The molecule has 214 valence electrons. The van der Waals surface area contributed by atoms with Crippen LogP contribution < -0.4 is 4.74 Å². The van der Waals surface area contributed by atoms with Gasteiger partial charge in [0, 0.05) is 56.0 Å². The van der Waals surface area contributed by atoms with Gasteiger partial charge in [0.05, 0.1) is 28.2 Å². The largest absolute Gasteiger partial charge is 0.495 e. The summed E-state index contributed by atoms with van der Waals surface area (Å²) in [7, 11) is 3.27. The number of rotatable bonds is 6. The van der Waals surface area contributed by atoms with E-state index in [9.17, 15) is 14.4 Å². The maximum atomic E-state index is 13.8. The summed E-state index contributed by atoms with van der Waals surface area (Å²) >= 11 is 18.7. The summed E-state index contributed by atoms with van der Waals surface area (Å²) in [4.78, 5) is 45.6. The number of likely N-dealkylation sites (tertiary alicyclic amines) is 2. The Morgan fingerprint density at radius 2 is 1.60 bits per heavy atom. The van der Waals surface area contributed by atoms with Crippen LogP contribution in [0.3, 0.4) is 0 Å². The highest BCUT2D eigenvalue weighted by molar-refractivity contribution is 6.42. The third kappa shape index (κ3) is 5.65. The van der Waals surface area contributed by atoms with Crippen molar-refractivity contribution < 1.29 is 19.1 Å². The summed E-state index contributed by atoms with van der Waals surface area (Å²) in [6.45, 7) is 4.09. The van der Waals surface area contributed by atoms with Gasteiger partial charge in [0.1, 0.15) is 5.75 Å². The molecule has 0 N–H and O–H groups in total. The quantitative estimate of drug-likeness (QED) is 0.419. The minimum Gasteiger partial charge on any atom is -0.495 e. The minimum atomic E-state index is -0.285. The highest BCUT2D eigenvalue weighted by atomic mass is 35.5. The van der Waals surface area contributed by atoms with Gasteiger partial charge in [0.25, 0.3) is 5.91 Å². The number of ether oxygens (including phenoxy) is 1. The number of hydrogen-bond donors (Lipinski definition) is 0. The van der Waals surface area contributed by atoms with Crippen LogP contribution in [0.25, 0.3) is 0 Å². The van der Waals surface area contributed by atoms with E-state index in [1.54, 1.807) is 36.2 Å². The average Bonchev–Trinajstić information content (AvgIpc) is 3.56. The number of benzene rings is 2. The SMILES string of the molecule is COc1cc(C(=O)N(C)[C@@H]2CN(C(=O)C3CCN(C(=O)C4(C)CC4)CC3)C[C@H]2c2ccc(Cl)c(Cl)c2)ccc1Cl. The lowest BCUT2D eigenvalue weighted by Crippen LogP contribution is -2.46. The lowest BCUT2D eigenvalue weighted by atomic mass is 9.93. The monoisotopic (exact) mass is 605 g/mol. The molecule has 0 unspecified atom stereocenters. The summed E-state index contributed by atoms with van der Waals surface area (Å²) in [5, 5.41) is 1.31. The molecule has 2 saturated heterocycles. The zero-order valence-electron chi connectivity index (χ0n) is 23.0. The summed E-state index contributed by atoms with van der Waals surface area (Å²) in [5.74, 6) is 0.221. The van der Waals surface area contributed by atoms with Crippen molar-refractivity contribution in [2.75, 3.05) is 40.3 Å². The molecule has 40 heavy (non-hydrogen) atoms. The number of likely N-dealkylation sites (N-methyl/N-ethyl adjacent to an activating group) is 1. The molecular weight excluding hydrogens is 573 g/mol. The van der Waals surface area contributed by atoms with Crippen LogP contribution in [0, 0.1) is 11.3 Å². The summed E-state index contributed by atoms with van der Waals surface area (Å²) < 4.78 is 5.31. The van der Waals surface area contributed by atoms with Gasteiger partial charge in [-0.05, 0) is 61.6 Å². The van der Waals surface area contributed by atoms with Crippen LogP contribution in [0.15, 0.2) is 36.4 Å². The Morgan fingerprint density at radius 1 is 0.925 bits per heavy atom. The van der Waals surface area contributed by atoms with Crippen LogP contribution in [-0.4, -0.2) is 78.8 Å². The summed E-state index contributed by atoms with van der Waals surface area (Å²) in [6.07, 6.45) is 3.20. The van der Waals surface area contributed by atoms with Gasteiger partial charge in [-0.15, -0.1) is 0 Å². The van der Waals surface area contributed by atoms with E-state index in [1.165, 1.54) is 7.11 Å². The standard InChI is InChI=1S/C30H34Cl3N3O4/c1-30(10-11-30)29(39)35-12-8-18(9-13-35)28(38)36-16-21(19-4-6-22(31)24(33)14-19)25(17-36)34(2)27(37)20-5-7-23(32)26(15-20)40-3/h4-7,14-15,18,21,25H,8-13,16-17H2,1-3H3/t21-,25+/m0/s1. The fourth-order valence-corrected chi connectivity index (χ4v) is 6.45. The summed E-state index contributed by atoms with van der Waals surface area (Å²) in [5.41, 5.74) is 1.17. The molecular formula is C30H34Cl3N3O4. The van der Waals surface area contributed by atoms with Crippen molar-refractivity contribution in [3.63, 3.8) is 0 Å². The van der Waals surface area contributed by atoms with E-state index in [2.05, 4.69) is 0 Å². The normalized spacial score (nSPS) is 22.2. The van der Waals surface area contributed by atoms with Crippen molar-refractivity contribution in [2.45, 2.75) is 44.6 Å². The van der Waals surface area contributed by atoms with E-state index >= 15 is 0 Å². The van der Waals surface area contributed by atoms with Gasteiger partial charge in [-0.1, -0.05) is 47.8 Å². The van der Waals surface area contributed by atoms with Crippen molar-refractivity contribution >= 4 is 52.5 Å². The van der Waals surface area contributed by atoms with Gasteiger partial charge < -0.3 is 19.4 Å². The van der Waals surface area contributed by atoms with E-state index in [0.29, 0.717) is 65.4 Å². The zero-order valence-corrected chi connectivity index (χ0v) is 25.2. The molecule has 2 heterocycles. The van der Waals surface area contributed by atoms with Gasteiger partial charge in [-0.3, -0.25) is 14.4 Å². The Bertz CT molecular complexity index is 1320. The second-order valence-electron chi connectivity index (χ2n) is 11.5. The molecule has 0 spiro atoms. The number of methoxy groups -OCH3 is 1. The van der Waals surface area contributed by atoms with Crippen molar-refractivity contribution in [2.24, 2.45) is 11.3 Å². The molecule has 0 aromatic heterocycles. The Balaban J connectivity index is 1.34. The third-order valence-electron chi connectivity index (χ3n) is 8.84. The van der Waals surface area contributed by atoms with Crippen molar-refractivity contribution in [3.8, 4) is 5.75 Å². The zero-order chi connectivity index (χ0) is 28.8. The Labute approximate surface area is 250 Å². The van der Waals surface area contributed by atoms with E-state index < -0.39 is 0 Å². The van der Waals surface area contributed by atoms with Gasteiger partial charge >= 0.3 is 0 Å². The van der Waals surface area contributed by atoms with Gasteiger partial charge in [-0.25, -0.2) is 0 Å². The fraction of sp³-hybridized carbons (Fsp3) is 0.500. The molecule has 2 aromatic carbocycles. The first-order chi connectivity index (χ1) is 19.0. The van der Waals surface area contributed by atoms with Crippen LogP contribution in [0.5, 0.6) is 5.75 Å². The molecule has 3 amide bonds. The first-order valence-electron chi connectivity index (χ1n) is 13.7. The highest BCUT2D eigenvalue weighted by Crippen LogP contribution is 2.47. The highest BCUT2D eigenvalue weighted by Gasteiger charge is 2.48. The number of hydrogen-bond acceptors (Lipinski definition) is 4. The van der Waals surface area contributed by atoms with E-state index in [1.807, 2.05) is 28.9 Å². The van der Waals surface area contributed by atoms with E-state index in [4.69, 9.17) is 39.5 Å². The molecule has 2 aliphatic heterocycles. The molecule has 3 aliphatic rings. The van der Waals surface area contributed by atoms with Crippen LogP contribution in [0.1, 0.15) is 54.4 Å². The van der Waals surface area contributed by atoms with Crippen LogP contribution in [0.4, 0.5) is 0 Å². The van der Waals surface area contributed by atoms with Crippen LogP contribution in [0.2, 0.25) is 15.1 Å². The Hall–Kier alpha value is -2.48. The predicted molar refractivity (Wildman–Crippen MR) is 156 cm³/mol. The Morgan fingerprint density at radius 3 is 2.23 bits per heavy atom. The molecule has 2 aromatic rings. The molecule has 2 atom stereocenters. The first-order valence-corrected chi connectivity index (χ1v) is 14.8. The summed E-state index contributed by atoms with van der Waals surface area (Å²) in [6, 6.07) is 10.1. The van der Waals surface area contributed by atoms with Gasteiger partial charge in [0.2, 0.25) is 11.8 Å². The molecule has 0 radical (unpaired) electrons. The lowest BCUT2D eigenvalue weighted by molar-refractivity contribution is -0.142. The molecule has 10 heteroatoms. The number of carbonyl (C=O) groups is 3. The fourth-order valence-electron chi connectivity index (χ4n) is 5.95.